The van der Waals surface area contributed by atoms with Gasteiger partial charge in [-0.2, -0.15) is 21.0 Å². The van der Waals surface area contributed by atoms with Crippen LogP contribution in [0.15, 0.2) is 66.7 Å². The third kappa shape index (κ3) is 5.48. The summed E-state index contributed by atoms with van der Waals surface area (Å²) in [5.74, 6) is 1.13. The molecule has 1 aliphatic heterocycles. The first-order chi connectivity index (χ1) is 17.2. The van der Waals surface area contributed by atoms with Crippen LogP contribution in [0.4, 0.5) is 0 Å². The predicted octanol–water partition coefficient (Wildman–Crippen LogP) is 5.08. The van der Waals surface area contributed by atoms with Crippen molar-refractivity contribution in [1.82, 2.24) is 14.3 Å². The molecule has 3 aromatic carbocycles. The van der Waals surface area contributed by atoms with Gasteiger partial charge in [0.15, 0.2) is 0 Å². The fraction of sp³-hybridized carbons (Fsp3) is 0. The van der Waals surface area contributed by atoms with Gasteiger partial charge in [-0.05, 0) is 24.3 Å². The predicted molar refractivity (Wildman–Crippen MR) is 130 cm³/mol. The topological polar surface area (TPSA) is 150 Å². The molecule has 0 bridgehead atoms. The van der Waals surface area contributed by atoms with Crippen LogP contribution in [0.1, 0.15) is 22.3 Å². The Kier molecular flexibility index (Phi) is 8.03. The van der Waals surface area contributed by atoms with Crippen LogP contribution in [0.2, 0.25) is 0 Å². The molecule has 170 valence electrons. The lowest BCUT2D eigenvalue weighted by molar-refractivity contribution is 0.118. The molecule has 3 aromatic rings. The van der Waals surface area contributed by atoms with Crippen LogP contribution in [0.25, 0.3) is 0 Å². The Balaban J connectivity index is 1.72. The molecule has 1 aliphatic rings. The summed E-state index contributed by atoms with van der Waals surface area (Å²) < 4.78 is 13.8. The zero-order chi connectivity index (χ0) is 24.6. The minimum Gasteiger partial charge on any atom is -0.442 e. The van der Waals surface area contributed by atoms with Gasteiger partial charge in [-0.3, -0.25) is 0 Å². The van der Waals surface area contributed by atoms with Gasteiger partial charge in [0.2, 0.25) is 0 Å². The zero-order valence-electron chi connectivity index (χ0n) is 17.7. The summed E-state index contributed by atoms with van der Waals surface area (Å²) >= 11 is 0. The molecule has 10 nitrogen and oxygen atoms in total. The van der Waals surface area contributed by atoms with E-state index in [1.165, 1.54) is 10.7 Å². The molecule has 3 unspecified atom stereocenters. The standard InChI is InChI=1S/C22H14N7O3P3/c23-12-16-11-22(21(15-26)20(14-25)19(16)13-24)32-35-28-33-27-34(31-18-9-5-2-6-10-18)29(35)30-17-7-3-1-4-8-17/h1-11,27-28,33H. The van der Waals surface area contributed by atoms with Gasteiger partial charge in [-0.1, -0.05) is 36.4 Å². The SMILES string of the molecule is N#Cc1cc(OP2NPNP(Oc3ccccc3)N2Oc2ccccc2)c(C#N)c(C#N)c1C#N. The second-order valence-electron chi connectivity index (χ2n) is 6.54. The van der Waals surface area contributed by atoms with E-state index in [-0.39, 0.29) is 36.9 Å². The number of para-hydroxylation sites is 2. The fourth-order valence-corrected chi connectivity index (χ4v) is 8.08. The average molecular weight is 517 g/mol. The van der Waals surface area contributed by atoms with Crippen molar-refractivity contribution in [3.05, 3.63) is 89.0 Å². The molecule has 0 aliphatic carbocycles. The summed E-state index contributed by atoms with van der Waals surface area (Å²) in [4.78, 5) is 12.5. The molecular formula is C22H14N7O3P3. The van der Waals surface area contributed by atoms with Gasteiger partial charge in [-0.15, -0.1) is 0 Å². The summed E-state index contributed by atoms with van der Waals surface area (Å²) in [5, 5.41) is 38.2. The first-order valence-electron chi connectivity index (χ1n) is 9.80. The van der Waals surface area contributed by atoms with Crippen LogP contribution in [0.5, 0.6) is 17.2 Å². The Morgan fingerprint density at radius 3 is 1.83 bits per heavy atom. The van der Waals surface area contributed by atoms with Crippen LogP contribution in [-0.4, -0.2) is 4.60 Å². The maximum absolute atomic E-state index is 9.73. The van der Waals surface area contributed by atoms with Gasteiger partial charge in [0.05, 0.1) is 16.7 Å². The van der Waals surface area contributed by atoms with Crippen molar-refractivity contribution in [1.29, 1.82) is 21.0 Å². The van der Waals surface area contributed by atoms with E-state index in [0.717, 1.165) is 0 Å². The number of hydrogen-bond donors (Lipinski definition) is 2. The summed E-state index contributed by atoms with van der Waals surface area (Å²) in [7, 11) is -3.32. The minimum absolute atomic E-state index is 0.0127. The number of nitrogens with zero attached hydrogens (tertiary/aromatic N) is 5. The van der Waals surface area contributed by atoms with Gasteiger partial charge in [0, 0.05) is 19.6 Å². The molecule has 0 spiro atoms. The van der Waals surface area contributed by atoms with E-state index in [0.29, 0.717) is 11.5 Å². The lowest BCUT2D eigenvalue weighted by Crippen LogP contribution is -2.33. The van der Waals surface area contributed by atoms with E-state index in [1.807, 2.05) is 72.8 Å². The van der Waals surface area contributed by atoms with Crippen molar-refractivity contribution in [2.24, 2.45) is 0 Å². The Labute approximate surface area is 205 Å². The molecule has 0 amide bonds. The first-order valence-corrected chi connectivity index (χ1v) is 13.2. The van der Waals surface area contributed by atoms with E-state index in [1.54, 1.807) is 12.1 Å². The number of nitrogens with one attached hydrogen (secondary N) is 2. The monoisotopic (exact) mass is 517 g/mol. The molecule has 0 aromatic heterocycles. The van der Waals surface area contributed by atoms with Crippen LogP contribution in [0.3, 0.4) is 0 Å². The third-order valence-corrected chi connectivity index (χ3v) is 9.35. The highest BCUT2D eigenvalue weighted by molar-refractivity contribution is 7.75. The maximum atomic E-state index is 9.73. The first kappa shape index (κ1) is 24.3. The van der Waals surface area contributed by atoms with Crippen molar-refractivity contribution < 1.29 is 13.9 Å². The number of nitriles is 4. The van der Waals surface area contributed by atoms with Gasteiger partial charge in [0.25, 0.3) is 16.9 Å². The van der Waals surface area contributed by atoms with Gasteiger partial charge in [0.1, 0.15) is 47.1 Å². The van der Waals surface area contributed by atoms with Crippen molar-refractivity contribution in [2.45, 2.75) is 0 Å². The third-order valence-electron chi connectivity index (χ3n) is 4.41. The number of rotatable bonds is 6. The van der Waals surface area contributed by atoms with Crippen molar-refractivity contribution in [3.63, 3.8) is 0 Å². The van der Waals surface area contributed by atoms with E-state index < -0.39 is 16.9 Å². The summed E-state index contributed by atoms with van der Waals surface area (Å²) in [5.41, 5.74) is -0.583. The molecular weight excluding hydrogens is 503 g/mol. The van der Waals surface area contributed by atoms with Crippen molar-refractivity contribution in [3.8, 4) is 41.5 Å². The Morgan fingerprint density at radius 2 is 1.26 bits per heavy atom. The molecule has 0 saturated carbocycles. The Hall–Kier alpha value is -3.81. The van der Waals surface area contributed by atoms with E-state index in [9.17, 15) is 21.0 Å². The summed E-state index contributed by atoms with van der Waals surface area (Å²) in [6.07, 6.45) is 0. The van der Waals surface area contributed by atoms with Gasteiger partial charge < -0.3 is 13.9 Å². The molecule has 1 fully saturated rings. The fourth-order valence-electron chi connectivity index (χ4n) is 2.88. The normalized spacial score (nSPS) is 17.8. The Bertz CT molecular complexity index is 1380. The van der Waals surface area contributed by atoms with Crippen molar-refractivity contribution >= 4 is 25.8 Å². The number of hydrogen-bond acceptors (Lipinski definition) is 10. The van der Waals surface area contributed by atoms with Crippen LogP contribution < -0.4 is 23.6 Å². The van der Waals surface area contributed by atoms with Gasteiger partial charge in [-0.25, -0.2) is 9.72 Å². The average Bonchev–Trinajstić information content (AvgIpc) is 2.90. The summed E-state index contributed by atoms with van der Waals surface area (Å²) in [6, 6.07) is 27.0. The highest BCUT2D eigenvalue weighted by atomic mass is 31.3. The summed E-state index contributed by atoms with van der Waals surface area (Å²) in [6.45, 7) is 0. The minimum atomic E-state index is -1.78. The number of benzene rings is 3. The van der Waals surface area contributed by atoms with Gasteiger partial charge >= 0.3 is 0 Å². The smallest absolute Gasteiger partial charge is 0.294 e. The maximum Gasteiger partial charge on any atom is 0.294 e. The molecule has 1 heterocycles. The quantitative estimate of drug-likeness (QED) is 0.424. The highest BCUT2D eigenvalue weighted by Gasteiger charge is 2.40. The van der Waals surface area contributed by atoms with E-state index >= 15 is 0 Å². The molecule has 0 radical (unpaired) electrons. The largest absolute Gasteiger partial charge is 0.442 e. The van der Waals surface area contributed by atoms with Crippen LogP contribution in [0, 0.1) is 45.3 Å². The van der Waals surface area contributed by atoms with E-state index in [4.69, 9.17) is 13.9 Å². The second kappa shape index (κ2) is 11.6. The van der Waals surface area contributed by atoms with E-state index in [2.05, 4.69) is 9.72 Å². The Morgan fingerprint density at radius 1 is 0.686 bits per heavy atom. The molecule has 13 heteroatoms. The van der Waals surface area contributed by atoms with Crippen LogP contribution >= 0.6 is 25.8 Å². The molecule has 3 atom stereocenters. The lowest BCUT2D eigenvalue weighted by atomic mass is 9.97. The van der Waals surface area contributed by atoms with Crippen LogP contribution in [-0.2, 0) is 0 Å². The molecule has 4 rings (SSSR count). The molecule has 1 saturated heterocycles. The van der Waals surface area contributed by atoms with Crippen molar-refractivity contribution in [2.75, 3.05) is 0 Å². The molecule has 35 heavy (non-hydrogen) atoms. The zero-order valence-corrected chi connectivity index (χ0v) is 20.5. The highest BCUT2D eigenvalue weighted by Crippen LogP contribution is 2.60. The molecule has 2 N–H and O–H groups in total. The lowest BCUT2D eigenvalue weighted by Gasteiger charge is -2.37. The second-order valence-corrected chi connectivity index (χ2v) is 11.1.